The van der Waals surface area contributed by atoms with Crippen LogP contribution in [-0.4, -0.2) is 56.6 Å². The fraction of sp³-hybridized carbons (Fsp3) is 0.480. The largest absolute Gasteiger partial charge is 0.490 e. The SMILES string of the molecule is CCOCCOCCOc1ccc(C(O)CNC(C)CCc2ccccc2)cc1C(N)=O. The van der Waals surface area contributed by atoms with Gasteiger partial charge in [0.05, 0.1) is 31.5 Å². The molecule has 0 bridgehead atoms. The van der Waals surface area contributed by atoms with Gasteiger partial charge in [-0.2, -0.15) is 0 Å². The number of hydrogen-bond acceptors (Lipinski definition) is 6. The van der Waals surface area contributed by atoms with Crippen LogP contribution in [0.3, 0.4) is 0 Å². The second-order valence-electron chi connectivity index (χ2n) is 7.63. The van der Waals surface area contributed by atoms with Crippen molar-refractivity contribution in [2.24, 2.45) is 5.73 Å². The lowest BCUT2D eigenvalue weighted by molar-refractivity contribution is 0.0403. The Balaban J connectivity index is 1.81. The average molecular weight is 445 g/mol. The van der Waals surface area contributed by atoms with Gasteiger partial charge in [-0.25, -0.2) is 0 Å². The molecule has 176 valence electrons. The normalized spacial score (nSPS) is 13.0. The summed E-state index contributed by atoms with van der Waals surface area (Å²) < 4.78 is 16.3. The van der Waals surface area contributed by atoms with Crippen LogP contribution in [0.1, 0.15) is 47.9 Å². The first-order valence-corrected chi connectivity index (χ1v) is 11.2. The minimum Gasteiger partial charge on any atom is -0.490 e. The lowest BCUT2D eigenvalue weighted by atomic mass is 10.0. The molecule has 0 aromatic heterocycles. The number of rotatable bonds is 16. The molecule has 0 radical (unpaired) electrons. The highest BCUT2D eigenvalue weighted by Gasteiger charge is 2.16. The molecule has 0 fully saturated rings. The molecule has 7 heteroatoms. The third kappa shape index (κ3) is 9.36. The summed E-state index contributed by atoms with van der Waals surface area (Å²) in [5.74, 6) is -0.221. The van der Waals surface area contributed by atoms with Gasteiger partial charge in [-0.1, -0.05) is 36.4 Å². The second kappa shape index (κ2) is 14.6. The fourth-order valence-electron chi connectivity index (χ4n) is 3.21. The van der Waals surface area contributed by atoms with E-state index in [1.54, 1.807) is 18.2 Å². The van der Waals surface area contributed by atoms with Crippen molar-refractivity contribution in [3.63, 3.8) is 0 Å². The van der Waals surface area contributed by atoms with Crippen molar-refractivity contribution in [2.45, 2.75) is 38.8 Å². The molecule has 4 N–H and O–H groups in total. The van der Waals surface area contributed by atoms with E-state index in [2.05, 4.69) is 24.4 Å². The molecule has 1 amide bonds. The Kier molecular flexibility index (Phi) is 11.8. The number of nitrogens with two attached hydrogens (primary N) is 1. The number of ether oxygens (including phenoxy) is 3. The molecule has 0 saturated carbocycles. The number of carbonyl (C=O) groups is 1. The maximum Gasteiger partial charge on any atom is 0.252 e. The molecule has 0 aliphatic rings. The number of aliphatic hydroxyl groups is 1. The Morgan fingerprint density at radius 2 is 1.78 bits per heavy atom. The molecule has 0 heterocycles. The van der Waals surface area contributed by atoms with Gasteiger partial charge in [-0.15, -0.1) is 0 Å². The van der Waals surface area contributed by atoms with Gasteiger partial charge in [0.15, 0.2) is 0 Å². The van der Waals surface area contributed by atoms with Crippen LogP contribution in [0.2, 0.25) is 0 Å². The predicted molar refractivity (Wildman–Crippen MR) is 125 cm³/mol. The summed E-state index contributed by atoms with van der Waals surface area (Å²) in [6.45, 7) is 6.74. The predicted octanol–water partition coefficient (Wildman–Crippen LogP) is 2.86. The van der Waals surface area contributed by atoms with Gasteiger partial charge < -0.3 is 30.4 Å². The van der Waals surface area contributed by atoms with E-state index in [0.29, 0.717) is 44.3 Å². The molecule has 32 heavy (non-hydrogen) atoms. The molecule has 2 unspecified atom stereocenters. The number of primary amides is 1. The van der Waals surface area contributed by atoms with Crippen molar-refractivity contribution < 1.29 is 24.1 Å². The summed E-state index contributed by atoms with van der Waals surface area (Å²) in [4.78, 5) is 11.9. The summed E-state index contributed by atoms with van der Waals surface area (Å²) >= 11 is 0. The Morgan fingerprint density at radius 3 is 2.50 bits per heavy atom. The number of benzene rings is 2. The van der Waals surface area contributed by atoms with Gasteiger partial charge in [0.25, 0.3) is 5.91 Å². The van der Waals surface area contributed by atoms with Crippen LogP contribution in [-0.2, 0) is 15.9 Å². The zero-order chi connectivity index (χ0) is 23.2. The van der Waals surface area contributed by atoms with Crippen LogP contribution >= 0.6 is 0 Å². The van der Waals surface area contributed by atoms with Gasteiger partial charge in [-0.05, 0) is 49.9 Å². The first-order valence-electron chi connectivity index (χ1n) is 11.2. The van der Waals surface area contributed by atoms with Crippen LogP contribution in [0.25, 0.3) is 0 Å². The van der Waals surface area contributed by atoms with Crippen LogP contribution in [0.5, 0.6) is 5.75 Å². The number of hydrogen-bond donors (Lipinski definition) is 3. The smallest absolute Gasteiger partial charge is 0.252 e. The van der Waals surface area contributed by atoms with E-state index in [-0.39, 0.29) is 18.2 Å². The van der Waals surface area contributed by atoms with Crippen molar-refractivity contribution >= 4 is 5.91 Å². The minimum atomic E-state index is -0.761. The molecule has 2 aromatic carbocycles. The average Bonchev–Trinajstić information content (AvgIpc) is 2.81. The van der Waals surface area contributed by atoms with Crippen molar-refractivity contribution in [1.29, 1.82) is 0 Å². The maximum atomic E-state index is 11.9. The molecule has 0 spiro atoms. The zero-order valence-corrected chi connectivity index (χ0v) is 19.1. The monoisotopic (exact) mass is 444 g/mol. The number of aliphatic hydroxyl groups excluding tert-OH is 1. The molecular formula is C25H36N2O5. The minimum absolute atomic E-state index is 0.241. The topological polar surface area (TPSA) is 103 Å². The third-order valence-electron chi connectivity index (χ3n) is 5.08. The number of amides is 1. The fourth-order valence-corrected chi connectivity index (χ4v) is 3.21. The van der Waals surface area contributed by atoms with E-state index < -0.39 is 12.0 Å². The van der Waals surface area contributed by atoms with Crippen molar-refractivity contribution in [1.82, 2.24) is 5.32 Å². The second-order valence-corrected chi connectivity index (χ2v) is 7.63. The molecule has 2 aromatic rings. The quantitative estimate of drug-likeness (QED) is 0.344. The van der Waals surface area contributed by atoms with Crippen molar-refractivity contribution in [3.8, 4) is 5.75 Å². The maximum absolute atomic E-state index is 11.9. The summed E-state index contributed by atoms with van der Waals surface area (Å²) in [6, 6.07) is 15.6. The lowest BCUT2D eigenvalue weighted by Gasteiger charge is -2.19. The Bertz CT molecular complexity index is 800. The molecule has 2 atom stereocenters. The van der Waals surface area contributed by atoms with Crippen LogP contribution in [0.15, 0.2) is 48.5 Å². The first kappa shape index (κ1) is 25.8. The highest BCUT2D eigenvalue weighted by atomic mass is 16.5. The van der Waals surface area contributed by atoms with Gasteiger partial charge >= 0.3 is 0 Å². The number of nitrogens with one attached hydrogen (secondary N) is 1. The number of aryl methyl sites for hydroxylation is 1. The van der Waals surface area contributed by atoms with Crippen molar-refractivity contribution in [3.05, 3.63) is 65.2 Å². The van der Waals surface area contributed by atoms with Gasteiger partial charge in [0, 0.05) is 19.2 Å². The highest BCUT2D eigenvalue weighted by Crippen LogP contribution is 2.23. The number of carbonyl (C=O) groups excluding carboxylic acids is 1. The van der Waals surface area contributed by atoms with Crippen LogP contribution in [0, 0.1) is 0 Å². The molecule has 0 aliphatic carbocycles. The summed E-state index contributed by atoms with van der Waals surface area (Å²) in [6.07, 6.45) is 1.17. The van der Waals surface area contributed by atoms with Crippen LogP contribution in [0.4, 0.5) is 0 Å². The molecule has 0 aliphatic heterocycles. The summed E-state index contributed by atoms with van der Waals surface area (Å²) in [5.41, 5.74) is 7.67. The van der Waals surface area contributed by atoms with Gasteiger partial charge in [0.2, 0.25) is 0 Å². The molecule has 7 nitrogen and oxygen atoms in total. The lowest BCUT2D eigenvalue weighted by Crippen LogP contribution is -2.31. The third-order valence-corrected chi connectivity index (χ3v) is 5.08. The first-order chi connectivity index (χ1) is 15.5. The van der Waals surface area contributed by atoms with Crippen molar-refractivity contribution in [2.75, 3.05) is 39.6 Å². The zero-order valence-electron chi connectivity index (χ0n) is 19.1. The molecule has 0 saturated heterocycles. The van der Waals surface area contributed by atoms with E-state index in [0.717, 1.165) is 12.8 Å². The van der Waals surface area contributed by atoms with E-state index in [4.69, 9.17) is 19.9 Å². The van der Waals surface area contributed by atoms with Gasteiger partial charge in [0.1, 0.15) is 12.4 Å². The van der Waals surface area contributed by atoms with E-state index in [9.17, 15) is 9.90 Å². The Morgan fingerprint density at radius 1 is 1.06 bits per heavy atom. The van der Waals surface area contributed by atoms with Crippen LogP contribution < -0.4 is 15.8 Å². The Labute approximate surface area is 190 Å². The standard InChI is InChI=1S/C25H36N2O5/c1-3-30-13-14-31-15-16-32-24-12-11-21(17-22(24)25(26)29)23(28)18-27-19(2)9-10-20-7-5-4-6-8-20/h4-8,11-12,17,19,23,27-28H,3,9-10,13-16,18H2,1-2H3,(H2,26,29). The highest BCUT2D eigenvalue weighted by molar-refractivity contribution is 5.95. The van der Waals surface area contributed by atoms with Gasteiger partial charge in [-0.3, -0.25) is 4.79 Å². The van der Waals surface area contributed by atoms with E-state index in [1.165, 1.54) is 5.56 Å². The molecule has 2 rings (SSSR count). The van der Waals surface area contributed by atoms with E-state index >= 15 is 0 Å². The Hall–Kier alpha value is -2.45. The summed E-state index contributed by atoms with van der Waals surface area (Å²) in [5, 5.41) is 13.9. The van der Waals surface area contributed by atoms with E-state index in [1.807, 2.05) is 25.1 Å². The molecular weight excluding hydrogens is 408 g/mol. The summed E-state index contributed by atoms with van der Waals surface area (Å²) in [7, 11) is 0.